The largest absolute Gasteiger partial charge is 0.462 e. The van der Waals surface area contributed by atoms with Gasteiger partial charge in [0.15, 0.2) is 5.78 Å². The molecule has 0 aliphatic heterocycles. The summed E-state index contributed by atoms with van der Waals surface area (Å²) in [5, 5.41) is 0. The highest BCUT2D eigenvalue weighted by Gasteiger charge is 2.17. The molecular weight excluding hydrogens is 350 g/mol. The zero-order valence-corrected chi connectivity index (χ0v) is 14.9. The summed E-state index contributed by atoms with van der Waals surface area (Å²) in [4.78, 5) is 12.6. The molecule has 0 aliphatic carbocycles. The predicted octanol–water partition coefficient (Wildman–Crippen LogP) is 4.28. The molecule has 0 radical (unpaired) electrons. The Morgan fingerprint density at radius 3 is 2.35 bits per heavy atom. The van der Waals surface area contributed by atoms with Gasteiger partial charge in [-0.15, -0.1) is 0 Å². The number of carbonyl (C=O) groups excluding carboxylic acids is 1. The first-order chi connectivity index (χ1) is 12.5. The molecule has 0 unspecified atom stereocenters. The molecule has 0 atom stereocenters. The molecule has 0 fully saturated rings. The first-order valence-corrected chi connectivity index (χ1v) is 9.40. The van der Waals surface area contributed by atoms with Crippen LogP contribution in [0.15, 0.2) is 82.1 Å². The molecule has 1 heterocycles. The molecule has 6 heteroatoms. The van der Waals surface area contributed by atoms with E-state index in [-0.39, 0.29) is 21.9 Å². The van der Waals surface area contributed by atoms with Crippen molar-refractivity contribution < 1.29 is 17.6 Å². The molecule has 0 amide bonds. The van der Waals surface area contributed by atoms with Crippen LogP contribution < -0.4 is 4.72 Å². The van der Waals surface area contributed by atoms with E-state index in [1.54, 1.807) is 60.7 Å². The number of hydrogen-bond acceptors (Lipinski definition) is 4. The van der Waals surface area contributed by atoms with Gasteiger partial charge in [0.25, 0.3) is 10.0 Å². The maximum Gasteiger partial charge on any atom is 0.261 e. The minimum absolute atomic E-state index is 0.129. The highest BCUT2D eigenvalue weighted by molar-refractivity contribution is 7.92. The highest BCUT2D eigenvalue weighted by atomic mass is 32.2. The zero-order valence-electron chi connectivity index (χ0n) is 14.0. The molecule has 1 N–H and O–H groups in total. The second kappa shape index (κ2) is 7.41. The number of nitrogens with one attached hydrogen (secondary N) is 1. The van der Waals surface area contributed by atoms with Gasteiger partial charge < -0.3 is 4.42 Å². The van der Waals surface area contributed by atoms with Crippen molar-refractivity contribution in [3.05, 3.63) is 89.9 Å². The van der Waals surface area contributed by atoms with E-state index in [0.717, 1.165) is 5.76 Å². The Kier molecular flexibility index (Phi) is 5.04. The number of ketones is 1. The van der Waals surface area contributed by atoms with Crippen LogP contribution in [0.3, 0.4) is 0 Å². The fourth-order valence-corrected chi connectivity index (χ4v) is 3.48. The second-order valence-corrected chi connectivity index (χ2v) is 7.29. The monoisotopic (exact) mass is 367 g/mol. The van der Waals surface area contributed by atoms with Gasteiger partial charge in [-0.05, 0) is 55.5 Å². The summed E-state index contributed by atoms with van der Waals surface area (Å²) >= 11 is 0. The van der Waals surface area contributed by atoms with E-state index in [4.69, 9.17) is 4.42 Å². The van der Waals surface area contributed by atoms with Gasteiger partial charge in [0, 0.05) is 5.56 Å². The number of hydrogen-bond donors (Lipinski definition) is 1. The molecule has 26 heavy (non-hydrogen) atoms. The van der Waals surface area contributed by atoms with Crippen LogP contribution in [0.25, 0.3) is 6.08 Å². The third-order valence-electron chi connectivity index (χ3n) is 3.65. The normalized spacial score (nSPS) is 11.6. The van der Waals surface area contributed by atoms with Gasteiger partial charge in [-0.3, -0.25) is 9.52 Å². The van der Waals surface area contributed by atoms with Crippen molar-refractivity contribution in [3.8, 4) is 0 Å². The summed E-state index contributed by atoms with van der Waals surface area (Å²) in [6.45, 7) is 1.81. The van der Waals surface area contributed by atoms with Crippen molar-refractivity contribution in [1.82, 2.24) is 0 Å². The average Bonchev–Trinajstić information content (AvgIpc) is 3.06. The van der Waals surface area contributed by atoms with Crippen LogP contribution in [0.1, 0.15) is 21.9 Å². The lowest BCUT2D eigenvalue weighted by Crippen LogP contribution is -2.15. The first-order valence-electron chi connectivity index (χ1n) is 7.91. The molecule has 2 aromatic carbocycles. The first kappa shape index (κ1) is 17.7. The maximum atomic E-state index is 12.5. The van der Waals surface area contributed by atoms with Crippen molar-refractivity contribution in [1.29, 1.82) is 0 Å². The lowest BCUT2D eigenvalue weighted by molar-refractivity contribution is 0.104. The number of anilines is 1. The Morgan fingerprint density at radius 2 is 1.65 bits per heavy atom. The third-order valence-corrected chi connectivity index (χ3v) is 5.03. The Labute approximate surface area is 152 Å². The Balaban J connectivity index is 1.86. The van der Waals surface area contributed by atoms with Gasteiger partial charge in [0.2, 0.25) is 0 Å². The van der Waals surface area contributed by atoms with Gasteiger partial charge in [-0.2, -0.15) is 0 Å². The molecule has 0 spiro atoms. The van der Waals surface area contributed by atoms with Crippen molar-refractivity contribution in [2.24, 2.45) is 0 Å². The van der Waals surface area contributed by atoms with E-state index >= 15 is 0 Å². The highest BCUT2D eigenvalue weighted by Crippen LogP contribution is 2.21. The Morgan fingerprint density at radius 1 is 0.962 bits per heavy atom. The van der Waals surface area contributed by atoms with Crippen LogP contribution in [0.5, 0.6) is 0 Å². The van der Waals surface area contributed by atoms with Crippen molar-refractivity contribution in [2.45, 2.75) is 11.8 Å². The van der Waals surface area contributed by atoms with Gasteiger partial charge in [0.1, 0.15) is 11.5 Å². The molecular formula is C20H17NO4S. The minimum atomic E-state index is -3.78. The number of para-hydroxylation sites is 1. The van der Waals surface area contributed by atoms with Crippen LogP contribution in [-0.4, -0.2) is 14.2 Å². The van der Waals surface area contributed by atoms with Gasteiger partial charge in [0.05, 0.1) is 10.6 Å². The molecule has 5 nitrogen and oxygen atoms in total. The van der Waals surface area contributed by atoms with Crippen LogP contribution in [0, 0.1) is 6.92 Å². The molecule has 3 rings (SSSR count). The zero-order chi connectivity index (χ0) is 18.6. The maximum absolute atomic E-state index is 12.5. The minimum Gasteiger partial charge on any atom is -0.462 e. The summed E-state index contributed by atoms with van der Waals surface area (Å²) in [6.07, 6.45) is 2.91. The molecule has 3 aromatic rings. The Hall–Kier alpha value is -3.12. The number of aryl methyl sites for hydroxylation is 1. The summed E-state index contributed by atoms with van der Waals surface area (Å²) in [7, 11) is -3.78. The number of sulfonamides is 1. The summed E-state index contributed by atoms with van der Waals surface area (Å²) in [5.41, 5.74) is 0.480. The number of furan rings is 1. The van der Waals surface area contributed by atoms with E-state index in [2.05, 4.69) is 4.72 Å². The number of carbonyl (C=O) groups is 1. The molecule has 0 saturated heterocycles. The lowest BCUT2D eigenvalue weighted by Gasteiger charge is -2.11. The van der Waals surface area contributed by atoms with Crippen molar-refractivity contribution in [3.63, 3.8) is 0 Å². The van der Waals surface area contributed by atoms with E-state index in [0.29, 0.717) is 5.76 Å². The lowest BCUT2D eigenvalue weighted by atomic mass is 10.1. The summed E-state index contributed by atoms with van der Waals surface area (Å²) in [6, 6.07) is 18.0. The molecule has 0 bridgehead atoms. The average molecular weight is 367 g/mol. The second-order valence-electron chi connectivity index (χ2n) is 5.61. The quantitative estimate of drug-likeness (QED) is 0.521. The fourth-order valence-electron chi connectivity index (χ4n) is 2.38. The molecule has 0 aliphatic rings. The van der Waals surface area contributed by atoms with Crippen LogP contribution in [-0.2, 0) is 10.0 Å². The van der Waals surface area contributed by atoms with Gasteiger partial charge in [-0.1, -0.05) is 30.3 Å². The number of benzene rings is 2. The summed E-state index contributed by atoms with van der Waals surface area (Å²) in [5.74, 6) is 0.969. The Bertz CT molecular complexity index is 1050. The van der Waals surface area contributed by atoms with Crippen LogP contribution >= 0.6 is 0 Å². The predicted molar refractivity (Wildman–Crippen MR) is 101 cm³/mol. The van der Waals surface area contributed by atoms with Gasteiger partial charge in [-0.25, -0.2) is 8.42 Å². The van der Waals surface area contributed by atoms with Crippen molar-refractivity contribution in [2.75, 3.05) is 4.72 Å². The van der Waals surface area contributed by atoms with E-state index in [1.807, 2.05) is 6.92 Å². The number of allylic oxidation sites excluding steroid dienone is 1. The van der Waals surface area contributed by atoms with Gasteiger partial charge >= 0.3 is 0 Å². The summed E-state index contributed by atoms with van der Waals surface area (Å²) < 4.78 is 32.9. The standard InChI is InChI=1S/C20H17NO4S/c1-15-11-12-16(25-15)13-14-20(22)18-9-5-6-10-19(18)21-26(23,24)17-7-3-2-4-8-17/h2-14,21H,1H3/b14-13+. The molecule has 132 valence electrons. The molecule has 0 saturated carbocycles. The van der Waals surface area contributed by atoms with E-state index < -0.39 is 10.0 Å². The van der Waals surface area contributed by atoms with E-state index in [9.17, 15) is 13.2 Å². The number of rotatable bonds is 6. The fraction of sp³-hybridized carbons (Fsp3) is 0.0500. The van der Waals surface area contributed by atoms with E-state index in [1.165, 1.54) is 18.2 Å². The molecule has 1 aromatic heterocycles. The third kappa shape index (κ3) is 4.10. The van der Waals surface area contributed by atoms with Crippen LogP contribution in [0.4, 0.5) is 5.69 Å². The topological polar surface area (TPSA) is 76.4 Å². The van der Waals surface area contributed by atoms with Crippen LogP contribution in [0.2, 0.25) is 0 Å². The van der Waals surface area contributed by atoms with Crippen molar-refractivity contribution >= 4 is 27.6 Å². The SMILES string of the molecule is Cc1ccc(/C=C/C(=O)c2ccccc2NS(=O)(=O)c2ccccc2)o1. The smallest absolute Gasteiger partial charge is 0.261 e.